The maximum absolute atomic E-state index is 13.1. The van der Waals surface area contributed by atoms with Crippen molar-refractivity contribution in [3.8, 4) is 0 Å². The van der Waals surface area contributed by atoms with E-state index in [0.29, 0.717) is 11.4 Å². The third kappa shape index (κ3) is 4.20. The summed E-state index contributed by atoms with van der Waals surface area (Å²) in [5.41, 5.74) is 7.79. The molecule has 138 valence electrons. The van der Waals surface area contributed by atoms with Crippen molar-refractivity contribution in [3.05, 3.63) is 53.6 Å². The largest absolute Gasteiger partial charge is 0.368 e. The number of benzene rings is 2. The van der Waals surface area contributed by atoms with Gasteiger partial charge in [-0.15, -0.1) is 0 Å². The third-order valence-corrected chi connectivity index (χ3v) is 5.68. The minimum absolute atomic E-state index is 0.00578. The topological polar surface area (TPSA) is 110 Å². The number of anilines is 2. The van der Waals surface area contributed by atoms with Crippen LogP contribution in [0, 0.1) is 13.8 Å². The van der Waals surface area contributed by atoms with Gasteiger partial charge in [0.15, 0.2) is 0 Å². The molecule has 0 aromatic heterocycles. The molecule has 0 unspecified atom stereocenters. The van der Waals surface area contributed by atoms with Gasteiger partial charge in [-0.25, -0.2) is 8.42 Å². The Bertz CT molecular complexity index is 937. The van der Waals surface area contributed by atoms with Gasteiger partial charge in [0.1, 0.15) is 6.54 Å². The van der Waals surface area contributed by atoms with Crippen LogP contribution in [0.3, 0.4) is 0 Å². The highest BCUT2D eigenvalue weighted by Crippen LogP contribution is 2.28. The van der Waals surface area contributed by atoms with Crippen LogP contribution in [0.25, 0.3) is 0 Å². The van der Waals surface area contributed by atoms with E-state index in [1.54, 1.807) is 19.1 Å². The van der Waals surface area contributed by atoms with Crippen LogP contribution < -0.4 is 15.4 Å². The fourth-order valence-corrected chi connectivity index (χ4v) is 3.98. The smallest absolute Gasteiger partial charge is 0.264 e. The Morgan fingerprint density at radius 3 is 2.23 bits per heavy atom. The van der Waals surface area contributed by atoms with Crippen LogP contribution in [-0.2, 0) is 19.6 Å². The molecule has 3 N–H and O–H groups in total. The van der Waals surface area contributed by atoms with Crippen LogP contribution in [-0.4, -0.2) is 26.8 Å². The Labute approximate surface area is 152 Å². The van der Waals surface area contributed by atoms with Gasteiger partial charge in [0.2, 0.25) is 11.8 Å². The summed E-state index contributed by atoms with van der Waals surface area (Å²) < 4.78 is 27.2. The quantitative estimate of drug-likeness (QED) is 0.804. The standard InChI is InChI=1S/C18H21N3O4S/c1-12-5-4-6-17(13(12)2)21(11-18(19)23)26(24,25)16-9-7-15(8-10-16)20-14(3)22/h4-10H,11H2,1-3H3,(H2,19,23)(H,20,22). The zero-order chi connectivity index (χ0) is 19.5. The summed E-state index contributed by atoms with van der Waals surface area (Å²) in [6, 6.07) is 10.9. The molecule has 0 aliphatic rings. The molecule has 0 atom stereocenters. The van der Waals surface area contributed by atoms with E-state index in [1.807, 2.05) is 13.0 Å². The molecule has 7 nitrogen and oxygen atoms in total. The van der Waals surface area contributed by atoms with Crippen molar-refractivity contribution in [2.75, 3.05) is 16.2 Å². The van der Waals surface area contributed by atoms with Gasteiger partial charge in [-0.05, 0) is 55.3 Å². The molecule has 2 rings (SSSR count). The van der Waals surface area contributed by atoms with Gasteiger partial charge in [0, 0.05) is 12.6 Å². The van der Waals surface area contributed by atoms with Crippen molar-refractivity contribution in [1.82, 2.24) is 0 Å². The number of aryl methyl sites for hydroxylation is 1. The first-order valence-corrected chi connectivity index (χ1v) is 9.32. The van der Waals surface area contributed by atoms with E-state index in [-0.39, 0.29) is 10.8 Å². The summed E-state index contributed by atoms with van der Waals surface area (Å²) in [4.78, 5) is 22.6. The van der Waals surface area contributed by atoms with Crippen molar-refractivity contribution in [2.24, 2.45) is 5.73 Å². The van der Waals surface area contributed by atoms with E-state index in [1.165, 1.54) is 31.2 Å². The molecular weight excluding hydrogens is 354 g/mol. The molecule has 2 aromatic rings. The van der Waals surface area contributed by atoms with Crippen LogP contribution in [0.5, 0.6) is 0 Å². The summed E-state index contributed by atoms with van der Waals surface area (Å²) in [6.45, 7) is 4.53. The number of sulfonamides is 1. The molecule has 0 saturated carbocycles. The Kier molecular flexibility index (Phi) is 5.66. The second kappa shape index (κ2) is 7.57. The summed E-state index contributed by atoms with van der Waals surface area (Å²) in [6.07, 6.45) is 0. The second-order valence-electron chi connectivity index (χ2n) is 5.90. The van der Waals surface area contributed by atoms with E-state index >= 15 is 0 Å². The van der Waals surface area contributed by atoms with Crippen molar-refractivity contribution in [1.29, 1.82) is 0 Å². The SMILES string of the molecule is CC(=O)Nc1ccc(S(=O)(=O)N(CC(N)=O)c2cccc(C)c2C)cc1. The van der Waals surface area contributed by atoms with Gasteiger partial charge >= 0.3 is 0 Å². The maximum Gasteiger partial charge on any atom is 0.264 e. The number of carbonyl (C=O) groups is 2. The second-order valence-corrected chi connectivity index (χ2v) is 7.76. The molecule has 0 radical (unpaired) electrons. The predicted molar refractivity (Wildman–Crippen MR) is 100 cm³/mol. The Hall–Kier alpha value is -2.87. The number of hydrogen-bond acceptors (Lipinski definition) is 4. The van der Waals surface area contributed by atoms with Crippen LogP contribution in [0.2, 0.25) is 0 Å². The van der Waals surface area contributed by atoms with Crippen LogP contribution >= 0.6 is 0 Å². The van der Waals surface area contributed by atoms with Gasteiger partial charge in [0.25, 0.3) is 10.0 Å². The lowest BCUT2D eigenvalue weighted by molar-refractivity contribution is -0.116. The number of nitrogens with two attached hydrogens (primary N) is 1. The lowest BCUT2D eigenvalue weighted by Gasteiger charge is -2.25. The van der Waals surface area contributed by atoms with Crippen molar-refractivity contribution >= 4 is 33.2 Å². The molecular formula is C18H21N3O4S. The number of primary amides is 1. The zero-order valence-corrected chi connectivity index (χ0v) is 15.6. The lowest BCUT2D eigenvalue weighted by Crippen LogP contribution is -2.39. The molecule has 0 heterocycles. The van der Waals surface area contributed by atoms with E-state index in [2.05, 4.69) is 5.32 Å². The molecule has 0 fully saturated rings. The zero-order valence-electron chi connectivity index (χ0n) is 14.8. The third-order valence-electron chi connectivity index (χ3n) is 3.91. The van der Waals surface area contributed by atoms with Gasteiger partial charge in [0.05, 0.1) is 10.6 Å². The molecule has 0 spiro atoms. The Balaban J connectivity index is 2.51. The first kappa shape index (κ1) is 19.5. The van der Waals surface area contributed by atoms with E-state index in [9.17, 15) is 18.0 Å². The Morgan fingerprint density at radius 1 is 1.08 bits per heavy atom. The number of hydrogen-bond donors (Lipinski definition) is 2. The average Bonchev–Trinajstić information content (AvgIpc) is 2.55. The van der Waals surface area contributed by atoms with Crippen molar-refractivity contribution in [2.45, 2.75) is 25.7 Å². The van der Waals surface area contributed by atoms with E-state index in [4.69, 9.17) is 5.73 Å². The molecule has 2 aromatic carbocycles. The minimum atomic E-state index is -4.01. The van der Waals surface area contributed by atoms with Gasteiger partial charge in [-0.2, -0.15) is 0 Å². The van der Waals surface area contributed by atoms with Gasteiger partial charge < -0.3 is 11.1 Å². The highest BCUT2D eigenvalue weighted by Gasteiger charge is 2.27. The molecule has 8 heteroatoms. The van der Waals surface area contributed by atoms with Crippen LogP contribution in [0.15, 0.2) is 47.4 Å². The summed E-state index contributed by atoms with van der Waals surface area (Å²) >= 11 is 0. The molecule has 2 amide bonds. The first-order valence-electron chi connectivity index (χ1n) is 7.88. The minimum Gasteiger partial charge on any atom is -0.368 e. The van der Waals surface area contributed by atoms with Crippen LogP contribution in [0.1, 0.15) is 18.1 Å². The summed E-state index contributed by atoms with van der Waals surface area (Å²) in [5, 5.41) is 2.57. The molecule has 26 heavy (non-hydrogen) atoms. The first-order chi connectivity index (χ1) is 12.1. The number of carbonyl (C=O) groups excluding carboxylic acids is 2. The Morgan fingerprint density at radius 2 is 1.69 bits per heavy atom. The van der Waals surface area contributed by atoms with Crippen LogP contribution in [0.4, 0.5) is 11.4 Å². The fourth-order valence-electron chi connectivity index (χ4n) is 2.49. The number of rotatable bonds is 6. The monoisotopic (exact) mass is 375 g/mol. The van der Waals surface area contributed by atoms with Gasteiger partial charge in [-0.3, -0.25) is 13.9 Å². The molecule has 0 aliphatic heterocycles. The fraction of sp³-hybridized carbons (Fsp3) is 0.222. The van der Waals surface area contributed by atoms with E-state index in [0.717, 1.165) is 15.4 Å². The predicted octanol–water partition coefficient (Wildman–Crippen LogP) is 1.94. The normalized spacial score (nSPS) is 11.0. The van der Waals surface area contributed by atoms with E-state index < -0.39 is 22.5 Å². The number of nitrogens with zero attached hydrogens (tertiary/aromatic N) is 1. The number of nitrogens with one attached hydrogen (secondary N) is 1. The molecule has 0 saturated heterocycles. The number of amides is 2. The summed E-state index contributed by atoms with van der Waals surface area (Å²) in [5.74, 6) is -1.02. The van der Waals surface area contributed by atoms with Crippen molar-refractivity contribution in [3.63, 3.8) is 0 Å². The lowest BCUT2D eigenvalue weighted by atomic mass is 10.1. The highest BCUT2D eigenvalue weighted by molar-refractivity contribution is 7.92. The van der Waals surface area contributed by atoms with Crippen molar-refractivity contribution < 1.29 is 18.0 Å². The summed E-state index contributed by atoms with van der Waals surface area (Å²) in [7, 11) is -4.01. The highest BCUT2D eigenvalue weighted by atomic mass is 32.2. The molecule has 0 aliphatic carbocycles. The van der Waals surface area contributed by atoms with Gasteiger partial charge in [-0.1, -0.05) is 12.1 Å². The maximum atomic E-state index is 13.1. The molecule has 0 bridgehead atoms. The average molecular weight is 375 g/mol.